The number of unbranched alkanes of at least 4 members (excludes halogenated alkanes) is 1. The van der Waals surface area contributed by atoms with Crippen LogP contribution in [0.3, 0.4) is 0 Å². The molecule has 1 aromatic rings. The van der Waals surface area contributed by atoms with Gasteiger partial charge in [0, 0.05) is 18.2 Å². The Balaban J connectivity index is 3.04. The smallest absolute Gasteiger partial charge is 0.147 e. The summed E-state index contributed by atoms with van der Waals surface area (Å²) in [5, 5.41) is 0. The molecule has 19 heavy (non-hydrogen) atoms. The maximum atomic E-state index is 14.2. The van der Waals surface area contributed by atoms with Crippen molar-refractivity contribution in [2.75, 3.05) is 11.4 Å². The molecule has 0 radical (unpaired) electrons. The van der Waals surface area contributed by atoms with Gasteiger partial charge in [-0.1, -0.05) is 32.5 Å². The minimum Gasteiger partial charge on any atom is -0.389 e. The van der Waals surface area contributed by atoms with E-state index in [1.165, 1.54) is 6.07 Å². The van der Waals surface area contributed by atoms with E-state index in [4.69, 9.17) is 18.0 Å². The quantitative estimate of drug-likeness (QED) is 0.770. The first-order chi connectivity index (χ1) is 9.01. The zero-order chi connectivity index (χ0) is 14.4. The maximum absolute atomic E-state index is 14.2. The molecule has 0 aliphatic rings. The number of rotatable bonds is 7. The molecule has 0 spiro atoms. The summed E-state index contributed by atoms with van der Waals surface area (Å²) >= 11 is 4.87. The van der Waals surface area contributed by atoms with Crippen LogP contribution in [0.25, 0.3) is 0 Å². The van der Waals surface area contributed by atoms with Gasteiger partial charge < -0.3 is 10.6 Å². The fourth-order valence-corrected chi connectivity index (χ4v) is 2.15. The van der Waals surface area contributed by atoms with E-state index in [-0.39, 0.29) is 10.8 Å². The van der Waals surface area contributed by atoms with Crippen LogP contribution in [-0.2, 0) is 0 Å². The van der Waals surface area contributed by atoms with Crippen LogP contribution in [-0.4, -0.2) is 17.6 Å². The van der Waals surface area contributed by atoms with Gasteiger partial charge in [0.15, 0.2) is 0 Å². The molecule has 0 fully saturated rings. The molecule has 0 aliphatic heterocycles. The summed E-state index contributed by atoms with van der Waals surface area (Å²) in [4.78, 5) is 2.36. The molecule has 2 N–H and O–H groups in total. The van der Waals surface area contributed by atoms with Crippen molar-refractivity contribution in [1.82, 2.24) is 0 Å². The number of nitrogens with zero attached hydrogens (tertiary/aromatic N) is 1. The van der Waals surface area contributed by atoms with Gasteiger partial charge in [0.1, 0.15) is 10.8 Å². The highest BCUT2D eigenvalue weighted by Gasteiger charge is 2.16. The van der Waals surface area contributed by atoms with E-state index in [0.717, 1.165) is 25.8 Å². The summed E-state index contributed by atoms with van der Waals surface area (Å²) in [5.74, 6) is -0.248. The largest absolute Gasteiger partial charge is 0.389 e. The lowest BCUT2D eigenvalue weighted by Gasteiger charge is -2.31. The third-order valence-electron chi connectivity index (χ3n) is 3.42. The van der Waals surface area contributed by atoms with Crippen LogP contribution in [0.1, 0.15) is 45.6 Å². The van der Waals surface area contributed by atoms with Crippen molar-refractivity contribution >= 4 is 22.9 Å². The van der Waals surface area contributed by atoms with E-state index in [0.29, 0.717) is 17.3 Å². The molecule has 0 amide bonds. The van der Waals surface area contributed by atoms with Gasteiger partial charge in [-0.05, 0) is 38.0 Å². The maximum Gasteiger partial charge on any atom is 0.147 e. The zero-order valence-electron chi connectivity index (χ0n) is 11.9. The number of nitrogens with two attached hydrogens (primary N) is 1. The molecule has 1 atom stereocenters. The number of benzene rings is 1. The van der Waals surface area contributed by atoms with Crippen molar-refractivity contribution < 1.29 is 4.39 Å². The van der Waals surface area contributed by atoms with Gasteiger partial charge in [-0.2, -0.15) is 0 Å². The Morgan fingerprint density at radius 1 is 1.42 bits per heavy atom. The lowest BCUT2D eigenvalue weighted by molar-refractivity contribution is 0.564. The van der Waals surface area contributed by atoms with Gasteiger partial charge in [-0.15, -0.1) is 0 Å². The van der Waals surface area contributed by atoms with Crippen molar-refractivity contribution in [3.05, 3.63) is 29.6 Å². The van der Waals surface area contributed by atoms with E-state index >= 15 is 0 Å². The highest BCUT2D eigenvalue weighted by molar-refractivity contribution is 7.80. The average Bonchev–Trinajstić information content (AvgIpc) is 2.39. The zero-order valence-corrected chi connectivity index (χ0v) is 12.8. The van der Waals surface area contributed by atoms with Gasteiger partial charge in [-0.3, -0.25) is 0 Å². The fourth-order valence-electron chi connectivity index (χ4n) is 2.02. The molecule has 1 unspecified atom stereocenters. The molecule has 0 heterocycles. The second-order valence-electron chi connectivity index (χ2n) is 4.83. The lowest BCUT2D eigenvalue weighted by atomic mass is 10.1. The molecule has 106 valence electrons. The summed E-state index contributed by atoms with van der Waals surface area (Å²) in [7, 11) is 0. The van der Waals surface area contributed by atoms with Gasteiger partial charge in [0.2, 0.25) is 0 Å². The SMILES string of the molecule is CCCCN(c1ccc(C(N)=S)cc1F)C(C)CC. The van der Waals surface area contributed by atoms with Crippen molar-refractivity contribution in [2.24, 2.45) is 5.73 Å². The van der Waals surface area contributed by atoms with E-state index in [1.54, 1.807) is 12.1 Å². The Bertz CT molecular complexity index is 434. The molecule has 2 nitrogen and oxygen atoms in total. The Morgan fingerprint density at radius 3 is 2.58 bits per heavy atom. The van der Waals surface area contributed by atoms with Crippen molar-refractivity contribution in [1.29, 1.82) is 0 Å². The summed E-state index contributed by atoms with van der Waals surface area (Å²) in [6, 6.07) is 5.32. The molecule has 4 heteroatoms. The van der Waals surface area contributed by atoms with Crippen LogP contribution in [0.5, 0.6) is 0 Å². The van der Waals surface area contributed by atoms with Gasteiger partial charge in [0.05, 0.1) is 5.69 Å². The third-order valence-corrected chi connectivity index (χ3v) is 3.65. The molecule has 0 saturated heterocycles. The van der Waals surface area contributed by atoms with Gasteiger partial charge >= 0.3 is 0 Å². The van der Waals surface area contributed by atoms with Gasteiger partial charge in [-0.25, -0.2) is 4.39 Å². The van der Waals surface area contributed by atoms with Crippen molar-refractivity contribution in [3.8, 4) is 0 Å². The standard InChI is InChI=1S/C15H23FN2S/c1-4-6-9-18(11(3)5-2)14-8-7-12(15(17)19)10-13(14)16/h7-8,10-11H,4-6,9H2,1-3H3,(H2,17,19). The molecular weight excluding hydrogens is 259 g/mol. The Labute approximate surface area is 120 Å². The minimum absolute atomic E-state index is 0.231. The third kappa shape index (κ3) is 4.16. The normalized spacial score (nSPS) is 12.2. The first-order valence-electron chi connectivity index (χ1n) is 6.87. The monoisotopic (exact) mass is 282 g/mol. The van der Waals surface area contributed by atoms with Crippen LogP contribution in [0.4, 0.5) is 10.1 Å². The summed E-state index contributed by atoms with van der Waals surface area (Å²) in [6.07, 6.45) is 3.14. The van der Waals surface area contributed by atoms with Crippen molar-refractivity contribution in [3.63, 3.8) is 0 Å². The highest BCUT2D eigenvalue weighted by Crippen LogP contribution is 2.24. The number of thiocarbonyl (C=S) groups is 1. The lowest BCUT2D eigenvalue weighted by Crippen LogP contribution is -2.34. The van der Waals surface area contributed by atoms with Crippen molar-refractivity contribution in [2.45, 2.75) is 46.1 Å². The molecule has 0 aromatic heterocycles. The number of anilines is 1. The first kappa shape index (κ1) is 15.9. The molecule has 0 saturated carbocycles. The number of halogens is 1. The van der Waals surface area contributed by atoms with E-state index in [2.05, 4.69) is 25.7 Å². The highest BCUT2D eigenvalue weighted by atomic mass is 32.1. The Morgan fingerprint density at radius 2 is 2.11 bits per heavy atom. The molecule has 0 aliphatic carbocycles. The Kier molecular flexibility index (Phi) is 6.22. The number of hydrogen-bond donors (Lipinski definition) is 1. The minimum atomic E-state index is -0.248. The molecule has 0 bridgehead atoms. The first-order valence-corrected chi connectivity index (χ1v) is 7.28. The predicted molar refractivity (Wildman–Crippen MR) is 84.3 cm³/mol. The second kappa shape index (κ2) is 7.43. The topological polar surface area (TPSA) is 29.3 Å². The number of hydrogen-bond acceptors (Lipinski definition) is 2. The van der Waals surface area contributed by atoms with Crippen LogP contribution in [0, 0.1) is 5.82 Å². The average molecular weight is 282 g/mol. The van der Waals surface area contributed by atoms with Crippen LogP contribution < -0.4 is 10.6 Å². The van der Waals surface area contributed by atoms with Gasteiger partial charge in [0.25, 0.3) is 0 Å². The van der Waals surface area contributed by atoms with E-state index in [1.807, 2.05) is 0 Å². The molecule has 1 aromatic carbocycles. The second-order valence-corrected chi connectivity index (χ2v) is 5.27. The van der Waals surface area contributed by atoms with Crippen LogP contribution in [0.15, 0.2) is 18.2 Å². The van der Waals surface area contributed by atoms with E-state index in [9.17, 15) is 4.39 Å². The fraction of sp³-hybridized carbons (Fsp3) is 0.533. The predicted octanol–water partition coefficient (Wildman–Crippen LogP) is 3.86. The summed E-state index contributed by atoms with van der Waals surface area (Å²) in [6.45, 7) is 7.25. The van der Waals surface area contributed by atoms with Crippen LogP contribution >= 0.6 is 12.2 Å². The molecule has 1 rings (SSSR count). The Hall–Kier alpha value is -1.16. The summed E-state index contributed by atoms with van der Waals surface area (Å²) in [5.41, 5.74) is 6.75. The molecular formula is C15H23FN2S. The summed E-state index contributed by atoms with van der Waals surface area (Å²) < 4.78 is 14.2. The van der Waals surface area contributed by atoms with Crippen LogP contribution in [0.2, 0.25) is 0 Å². The van der Waals surface area contributed by atoms with E-state index < -0.39 is 0 Å².